The third kappa shape index (κ3) is 4.51. The smallest absolute Gasteiger partial charge is 0.240 e. The van der Waals surface area contributed by atoms with Gasteiger partial charge in [-0.05, 0) is 67.8 Å². The molecule has 0 aliphatic carbocycles. The van der Waals surface area contributed by atoms with E-state index in [-0.39, 0.29) is 4.90 Å². The van der Waals surface area contributed by atoms with Crippen LogP contribution in [0.2, 0.25) is 0 Å². The molecule has 0 aromatic heterocycles. The Labute approximate surface area is 143 Å². The molecule has 22 heavy (non-hydrogen) atoms. The average Bonchev–Trinajstić information content (AvgIpc) is 2.50. The van der Waals surface area contributed by atoms with Gasteiger partial charge in [0.25, 0.3) is 0 Å². The van der Waals surface area contributed by atoms with Gasteiger partial charge in [-0.25, -0.2) is 13.1 Å². The predicted molar refractivity (Wildman–Crippen MR) is 96.7 cm³/mol. The molecule has 0 bridgehead atoms. The number of nitrogens with one attached hydrogen (secondary N) is 3. The van der Waals surface area contributed by atoms with E-state index in [2.05, 4.69) is 31.3 Å². The van der Waals surface area contributed by atoms with E-state index in [1.807, 2.05) is 24.3 Å². The standard InChI is InChI=1S/C14H14BrN3O2S2/c1-16-22(19,20)13-8-6-12(7-9-13)18-14(21)17-11-4-2-10(15)3-5-11/h2-9,16H,1H3,(H2,17,18,21). The largest absolute Gasteiger partial charge is 0.332 e. The van der Waals surface area contributed by atoms with Crippen LogP contribution in [0.5, 0.6) is 0 Å². The van der Waals surface area contributed by atoms with Crippen LogP contribution < -0.4 is 15.4 Å². The van der Waals surface area contributed by atoms with Gasteiger partial charge in [-0.2, -0.15) is 0 Å². The summed E-state index contributed by atoms with van der Waals surface area (Å²) in [6.07, 6.45) is 0. The van der Waals surface area contributed by atoms with Gasteiger partial charge in [0.2, 0.25) is 10.0 Å². The number of halogens is 1. The van der Waals surface area contributed by atoms with E-state index in [1.165, 1.54) is 19.2 Å². The van der Waals surface area contributed by atoms with Crippen molar-refractivity contribution in [2.45, 2.75) is 4.90 Å². The Morgan fingerprint density at radius 1 is 0.955 bits per heavy atom. The Morgan fingerprint density at radius 2 is 1.41 bits per heavy atom. The Kier molecular flexibility index (Phi) is 5.52. The molecule has 5 nitrogen and oxygen atoms in total. The van der Waals surface area contributed by atoms with Crippen LogP contribution in [0, 0.1) is 0 Å². The number of benzene rings is 2. The second-order valence-electron chi connectivity index (χ2n) is 4.32. The molecule has 0 radical (unpaired) electrons. The number of thiocarbonyl (C=S) groups is 1. The Balaban J connectivity index is 2.01. The maximum absolute atomic E-state index is 11.6. The van der Waals surface area contributed by atoms with Crippen molar-refractivity contribution in [1.29, 1.82) is 0 Å². The van der Waals surface area contributed by atoms with Gasteiger partial charge in [-0.3, -0.25) is 0 Å². The van der Waals surface area contributed by atoms with E-state index in [4.69, 9.17) is 12.2 Å². The molecule has 0 atom stereocenters. The van der Waals surface area contributed by atoms with E-state index >= 15 is 0 Å². The van der Waals surface area contributed by atoms with Gasteiger partial charge in [0.15, 0.2) is 5.11 Å². The molecular formula is C14H14BrN3O2S2. The third-order valence-corrected chi connectivity index (χ3v) is 4.96. The summed E-state index contributed by atoms with van der Waals surface area (Å²) >= 11 is 8.58. The van der Waals surface area contributed by atoms with E-state index in [0.717, 1.165) is 10.2 Å². The predicted octanol–water partition coefficient (Wildman–Crippen LogP) is 3.17. The van der Waals surface area contributed by atoms with Gasteiger partial charge >= 0.3 is 0 Å². The molecule has 0 saturated heterocycles. The Bertz CT molecular complexity index is 760. The lowest BCUT2D eigenvalue weighted by molar-refractivity contribution is 0.588. The van der Waals surface area contributed by atoms with E-state index in [1.54, 1.807) is 12.1 Å². The van der Waals surface area contributed by atoms with Crippen molar-refractivity contribution in [3.05, 3.63) is 53.0 Å². The SMILES string of the molecule is CNS(=O)(=O)c1ccc(NC(=S)Nc2ccc(Br)cc2)cc1. The minimum absolute atomic E-state index is 0.201. The van der Waals surface area contributed by atoms with Gasteiger partial charge in [0, 0.05) is 15.8 Å². The average molecular weight is 400 g/mol. The summed E-state index contributed by atoms with van der Waals surface area (Å²) in [5.74, 6) is 0. The molecule has 8 heteroatoms. The normalized spacial score (nSPS) is 11.0. The van der Waals surface area contributed by atoms with Crippen LogP contribution in [0.1, 0.15) is 0 Å². The van der Waals surface area contributed by atoms with Crippen molar-refractivity contribution in [2.75, 3.05) is 17.7 Å². The second kappa shape index (κ2) is 7.19. The van der Waals surface area contributed by atoms with Gasteiger partial charge in [-0.1, -0.05) is 15.9 Å². The van der Waals surface area contributed by atoms with Crippen molar-refractivity contribution in [3.8, 4) is 0 Å². The molecule has 0 heterocycles. The van der Waals surface area contributed by atoms with Gasteiger partial charge in [0.05, 0.1) is 4.90 Å². The molecule has 0 aliphatic rings. The summed E-state index contributed by atoms with van der Waals surface area (Å²) in [6, 6.07) is 13.9. The molecule has 2 rings (SSSR count). The monoisotopic (exact) mass is 399 g/mol. The lowest BCUT2D eigenvalue weighted by atomic mass is 10.3. The molecule has 0 spiro atoms. The first-order valence-corrected chi connectivity index (χ1v) is 8.96. The van der Waals surface area contributed by atoms with E-state index in [9.17, 15) is 8.42 Å². The minimum Gasteiger partial charge on any atom is -0.332 e. The highest BCUT2D eigenvalue weighted by atomic mass is 79.9. The van der Waals surface area contributed by atoms with Crippen molar-refractivity contribution in [3.63, 3.8) is 0 Å². The molecule has 0 fully saturated rings. The van der Waals surface area contributed by atoms with Crippen LogP contribution in [0.3, 0.4) is 0 Å². The number of rotatable bonds is 4. The molecule has 3 N–H and O–H groups in total. The van der Waals surface area contributed by atoms with Crippen molar-refractivity contribution in [2.24, 2.45) is 0 Å². The minimum atomic E-state index is -3.43. The topological polar surface area (TPSA) is 70.2 Å². The summed E-state index contributed by atoms with van der Waals surface area (Å²) in [4.78, 5) is 0.201. The number of hydrogen-bond donors (Lipinski definition) is 3. The van der Waals surface area contributed by atoms with Gasteiger partial charge in [0.1, 0.15) is 0 Å². The lowest BCUT2D eigenvalue weighted by Gasteiger charge is -2.11. The molecule has 0 unspecified atom stereocenters. The fraction of sp³-hybridized carbons (Fsp3) is 0.0714. The summed E-state index contributed by atoms with van der Waals surface area (Å²) in [6.45, 7) is 0. The zero-order valence-corrected chi connectivity index (χ0v) is 14.8. The van der Waals surface area contributed by atoms with E-state index in [0.29, 0.717) is 10.8 Å². The molecule has 0 amide bonds. The highest BCUT2D eigenvalue weighted by Crippen LogP contribution is 2.16. The zero-order chi connectivity index (χ0) is 16.2. The Hall–Kier alpha value is -1.48. The quantitative estimate of drug-likeness (QED) is 0.688. The van der Waals surface area contributed by atoms with E-state index < -0.39 is 10.0 Å². The maximum Gasteiger partial charge on any atom is 0.240 e. The van der Waals surface area contributed by atoms with Crippen molar-refractivity contribution in [1.82, 2.24) is 4.72 Å². The van der Waals surface area contributed by atoms with Crippen LogP contribution in [0.25, 0.3) is 0 Å². The first kappa shape index (κ1) is 16.9. The number of anilines is 2. The van der Waals surface area contributed by atoms with Crippen LogP contribution in [-0.2, 0) is 10.0 Å². The van der Waals surface area contributed by atoms with Gasteiger partial charge < -0.3 is 10.6 Å². The summed E-state index contributed by atoms with van der Waals surface area (Å²) in [5, 5.41) is 6.46. The first-order chi connectivity index (χ1) is 10.4. The van der Waals surface area contributed by atoms with Crippen molar-refractivity contribution >= 4 is 54.7 Å². The molecule has 0 aliphatic heterocycles. The molecule has 2 aromatic rings. The molecule has 2 aromatic carbocycles. The first-order valence-electron chi connectivity index (χ1n) is 6.28. The summed E-state index contributed by atoms with van der Waals surface area (Å²) < 4.78 is 26.5. The second-order valence-corrected chi connectivity index (χ2v) is 7.53. The van der Waals surface area contributed by atoms with Gasteiger partial charge in [-0.15, -0.1) is 0 Å². The highest BCUT2D eigenvalue weighted by molar-refractivity contribution is 9.10. The highest BCUT2D eigenvalue weighted by Gasteiger charge is 2.10. The molecule has 0 saturated carbocycles. The summed E-state index contributed by atoms with van der Waals surface area (Å²) in [5.41, 5.74) is 1.56. The van der Waals surface area contributed by atoms with Crippen LogP contribution >= 0.6 is 28.1 Å². The molecular weight excluding hydrogens is 386 g/mol. The molecule has 116 valence electrons. The van der Waals surface area contributed by atoms with Crippen LogP contribution in [0.4, 0.5) is 11.4 Å². The number of hydrogen-bond acceptors (Lipinski definition) is 3. The van der Waals surface area contributed by atoms with Crippen molar-refractivity contribution < 1.29 is 8.42 Å². The Morgan fingerprint density at radius 3 is 1.86 bits per heavy atom. The van der Waals surface area contributed by atoms with Crippen LogP contribution in [0.15, 0.2) is 57.9 Å². The maximum atomic E-state index is 11.6. The third-order valence-electron chi connectivity index (χ3n) is 2.79. The lowest BCUT2D eigenvalue weighted by Crippen LogP contribution is -2.20. The fourth-order valence-corrected chi connectivity index (χ4v) is 2.89. The fourth-order valence-electron chi connectivity index (χ4n) is 1.66. The van der Waals surface area contributed by atoms with Crippen LogP contribution in [-0.4, -0.2) is 20.6 Å². The zero-order valence-electron chi connectivity index (χ0n) is 11.6. The summed E-state index contributed by atoms with van der Waals surface area (Å²) in [7, 11) is -2.05. The number of sulfonamides is 1.